The Labute approximate surface area is 130 Å². The van der Waals surface area contributed by atoms with E-state index >= 15 is 0 Å². The van der Waals surface area contributed by atoms with Crippen LogP contribution in [0.3, 0.4) is 0 Å². The summed E-state index contributed by atoms with van der Waals surface area (Å²) in [5.41, 5.74) is 0. The summed E-state index contributed by atoms with van der Waals surface area (Å²) >= 11 is 5.52. The minimum Gasteiger partial charge on any atom is -0.360 e. The number of hydrogen-bond donors (Lipinski definition) is 2. The van der Waals surface area contributed by atoms with Crippen LogP contribution in [-0.4, -0.2) is 17.2 Å². The number of thiocarbonyl (C=S) groups is 1. The standard InChI is InChI=1S/C17H32N2S/c1-13(15-9-5-3-6-10-15)18-17(20)19-14(2)16-11-7-4-8-12-16/h13-16H,3-12H2,1-2H3,(H2,18,19,20)/t13-,14-/m0/s1. The van der Waals surface area contributed by atoms with Crippen molar-refractivity contribution in [3.05, 3.63) is 0 Å². The Morgan fingerprint density at radius 3 is 1.45 bits per heavy atom. The second kappa shape index (κ2) is 8.21. The summed E-state index contributed by atoms with van der Waals surface area (Å²) in [5, 5.41) is 7.96. The highest BCUT2D eigenvalue weighted by molar-refractivity contribution is 7.80. The molecule has 2 nitrogen and oxygen atoms in total. The van der Waals surface area contributed by atoms with Crippen LogP contribution in [0, 0.1) is 11.8 Å². The minimum absolute atomic E-state index is 0.522. The van der Waals surface area contributed by atoms with Crippen molar-refractivity contribution in [3.63, 3.8) is 0 Å². The number of rotatable bonds is 4. The normalized spacial score (nSPS) is 24.9. The summed E-state index contributed by atoms with van der Waals surface area (Å²) < 4.78 is 0. The van der Waals surface area contributed by atoms with Gasteiger partial charge in [-0.2, -0.15) is 0 Å². The van der Waals surface area contributed by atoms with Gasteiger partial charge in [-0.05, 0) is 63.6 Å². The molecule has 0 amide bonds. The van der Waals surface area contributed by atoms with E-state index in [0.717, 1.165) is 16.9 Å². The highest BCUT2D eigenvalue weighted by Crippen LogP contribution is 2.27. The van der Waals surface area contributed by atoms with Gasteiger partial charge in [0.2, 0.25) is 0 Å². The highest BCUT2D eigenvalue weighted by atomic mass is 32.1. The van der Waals surface area contributed by atoms with Gasteiger partial charge in [-0.25, -0.2) is 0 Å². The second-order valence-electron chi connectivity index (χ2n) is 6.99. The van der Waals surface area contributed by atoms with E-state index in [1.165, 1.54) is 64.2 Å². The van der Waals surface area contributed by atoms with Crippen molar-refractivity contribution in [1.82, 2.24) is 10.6 Å². The molecule has 2 rings (SSSR count). The molecule has 2 N–H and O–H groups in total. The van der Waals surface area contributed by atoms with E-state index in [-0.39, 0.29) is 0 Å². The molecule has 0 aromatic rings. The van der Waals surface area contributed by atoms with Gasteiger partial charge in [-0.1, -0.05) is 38.5 Å². The quantitative estimate of drug-likeness (QED) is 0.752. The first-order chi connectivity index (χ1) is 9.66. The van der Waals surface area contributed by atoms with Gasteiger partial charge in [0, 0.05) is 12.1 Å². The summed E-state index contributed by atoms with van der Waals surface area (Å²) in [5.74, 6) is 1.63. The van der Waals surface area contributed by atoms with Crippen LogP contribution >= 0.6 is 12.2 Å². The van der Waals surface area contributed by atoms with Crippen LogP contribution in [0.15, 0.2) is 0 Å². The van der Waals surface area contributed by atoms with Crippen LogP contribution in [0.2, 0.25) is 0 Å². The molecule has 0 saturated heterocycles. The van der Waals surface area contributed by atoms with E-state index in [9.17, 15) is 0 Å². The van der Waals surface area contributed by atoms with Gasteiger partial charge in [0.15, 0.2) is 5.11 Å². The molecular weight excluding hydrogens is 264 g/mol. The molecule has 3 heteroatoms. The first-order valence-electron chi connectivity index (χ1n) is 8.74. The molecule has 2 fully saturated rings. The smallest absolute Gasteiger partial charge is 0.166 e. The summed E-state index contributed by atoms with van der Waals surface area (Å²) in [4.78, 5) is 0. The zero-order chi connectivity index (χ0) is 14.4. The molecule has 0 spiro atoms. The molecule has 0 heterocycles. The maximum absolute atomic E-state index is 5.52. The lowest BCUT2D eigenvalue weighted by atomic mass is 9.84. The van der Waals surface area contributed by atoms with Gasteiger partial charge < -0.3 is 10.6 Å². The number of nitrogens with one attached hydrogen (secondary N) is 2. The fraction of sp³-hybridized carbons (Fsp3) is 0.941. The average molecular weight is 297 g/mol. The lowest BCUT2D eigenvalue weighted by Crippen LogP contribution is -2.49. The molecule has 0 radical (unpaired) electrons. The number of hydrogen-bond acceptors (Lipinski definition) is 1. The van der Waals surface area contributed by atoms with Crippen LogP contribution in [0.4, 0.5) is 0 Å². The van der Waals surface area contributed by atoms with Crippen LogP contribution in [0.1, 0.15) is 78.1 Å². The molecule has 116 valence electrons. The first kappa shape index (κ1) is 16.1. The lowest BCUT2D eigenvalue weighted by Gasteiger charge is -2.32. The minimum atomic E-state index is 0.522. The molecule has 2 aliphatic carbocycles. The van der Waals surface area contributed by atoms with Crippen LogP contribution in [-0.2, 0) is 0 Å². The third kappa shape index (κ3) is 4.91. The predicted molar refractivity (Wildman–Crippen MR) is 90.9 cm³/mol. The first-order valence-corrected chi connectivity index (χ1v) is 9.14. The van der Waals surface area contributed by atoms with Gasteiger partial charge in [-0.3, -0.25) is 0 Å². The van der Waals surface area contributed by atoms with Crippen molar-refractivity contribution in [2.45, 2.75) is 90.1 Å². The Hall–Kier alpha value is -0.310. The Kier molecular flexibility index (Phi) is 6.60. The monoisotopic (exact) mass is 296 g/mol. The zero-order valence-electron chi connectivity index (χ0n) is 13.3. The fourth-order valence-electron chi connectivity index (χ4n) is 3.96. The summed E-state index contributed by atoms with van der Waals surface area (Å²) in [6.45, 7) is 4.60. The Bertz CT molecular complexity index is 265. The van der Waals surface area contributed by atoms with E-state index in [0.29, 0.717) is 12.1 Å². The van der Waals surface area contributed by atoms with Crippen LogP contribution in [0.25, 0.3) is 0 Å². The molecule has 20 heavy (non-hydrogen) atoms. The molecule has 2 aliphatic rings. The van der Waals surface area contributed by atoms with E-state index in [2.05, 4.69) is 24.5 Å². The van der Waals surface area contributed by atoms with E-state index in [1.807, 2.05) is 0 Å². The van der Waals surface area contributed by atoms with Crippen molar-refractivity contribution in [2.75, 3.05) is 0 Å². The Morgan fingerprint density at radius 1 is 0.750 bits per heavy atom. The molecule has 0 aromatic carbocycles. The van der Waals surface area contributed by atoms with Crippen molar-refractivity contribution >= 4 is 17.3 Å². The molecular formula is C17H32N2S. The Morgan fingerprint density at radius 2 is 1.10 bits per heavy atom. The molecule has 0 aliphatic heterocycles. The average Bonchev–Trinajstić information content (AvgIpc) is 2.49. The SMILES string of the molecule is C[C@H](NC(=S)N[C@@H](C)C1CCCCC1)C1CCCCC1. The van der Waals surface area contributed by atoms with Crippen molar-refractivity contribution in [2.24, 2.45) is 11.8 Å². The van der Waals surface area contributed by atoms with Gasteiger partial charge >= 0.3 is 0 Å². The fourth-order valence-corrected chi connectivity index (χ4v) is 4.33. The summed E-state index contributed by atoms with van der Waals surface area (Å²) in [6.07, 6.45) is 13.9. The maximum atomic E-state index is 5.52. The molecule has 0 aromatic heterocycles. The van der Waals surface area contributed by atoms with Crippen molar-refractivity contribution in [3.8, 4) is 0 Å². The third-order valence-corrected chi connectivity index (χ3v) is 5.67. The van der Waals surface area contributed by atoms with Gasteiger partial charge in [0.25, 0.3) is 0 Å². The van der Waals surface area contributed by atoms with E-state index in [4.69, 9.17) is 12.2 Å². The molecule has 2 atom stereocenters. The Balaban J connectivity index is 1.70. The zero-order valence-corrected chi connectivity index (χ0v) is 14.1. The van der Waals surface area contributed by atoms with Gasteiger partial charge in [-0.15, -0.1) is 0 Å². The van der Waals surface area contributed by atoms with E-state index in [1.54, 1.807) is 0 Å². The van der Waals surface area contributed by atoms with Crippen molar-refractivity contribution < 1.29 is 0 Å². The molecule has 2 saturated carbocycles. The van der Waals surface area contributed by atoms with Gasteiger partial charge in [0.1, 0.15) is 0 Å². The summed E-state index contributed by atoms with van der Waals surface area (Å²) in [6, 6.07) is 1.04. The topological polar surface area (TPSA) is 24.1 Å². The summed E-state index contributed by atoms with van der Waals surface area (Å²) in [7, 11) is 0. The van der Waals surface area contributed by atoms with Crippen LogP contribution < -0.4 is 10.6 Å². The predicted octanol–water partition coefficient (Wildman–Crippen LogP) is 4.39. The third-order valence-electron chi connectivity index (χ3n) is 5.43. The lowest BCUT2D eigenvalue weighted by molar-refractivity contribution is 0.290. The van der Waals surface area contributed by atoms with Gasteiger partial charge in [0.05, 0.1) is 0 Å². The molecule has 0 unspecified atom stereocenters. The highest BCUT2D eigenvalue weighted by Gasteiger charge is 2.23. The molecule has 0 bridgehead atoms. The maximum Gasteiger partial charge on any atom is 0.166 e. The second-order valence-corrected chi connectivity index (χ2v) is 7.40. The largest absolute Gasteiger partial charge is 0.360 e. The van der Waals surface area contributed by atoms with Crippen molar-refractivity contribution in [1.29, 1.82) is 0 Å². The van der Waals surface area contributed by atoms with Crippen LogP contribution in [0.5, 0.6) is 0 Å². The van der Waals surface area contributed by atoms with E-state index < -0.39 is 0 Å².